The van der Waals surface area contributed by atoms with Gasteiger partial charge in [-0.05, 0) is 62.0 Å². The number of rotatable bonds is 3. The fraction of sp³-hybridized carbons (Fsp3) is 0.0952. The van der Waals surface area contributed by atoms with Gasteiger partial charge in [-0.25, -0.2) is 0 Å². The van der Waals surface area contributed by atoms with Crippen LogP contribution in [0.1, 0.15) is 21.1 Å². The van der Waals surface area contributed by atoms with Crippen molar-refractivity contribution in [1.82, 2.24) is 25.1 Å². The zero-order chi connectivity index (χ0) is 23.3. The Bertz CT molecular complexity index is 1570. The quantitative estimate of drug-likeness (QED) is 0.272. The van der Waals surface area contributed by atoms with Gasteiger partial charge in [0.05, 0.1) is 5.02 Å². The van der Waals surface area contributed by atoms with Crippen LogP contribution in [0.15, 0.2) is 36.4 Å². The number of hydrogen-bond donors (Lipinski definition) is 2. The van der Waals surface area contributed by atoms with Crippen LogP contribution < -0.4 is 10.6 Å². The molecular formula is C21H14Cl2N6OS3. The summed E-state index contributed by atoms with van der Waals surface area (Å²) in [5.41, 5.74) is 2.68. The summed E-state index contributed by atoms with van der Waals surface area (Å²) in [6.45, 7) is 3.81. The van der Waals surface area contributed by atoms with Crippen molar-refractivity contribution in [2.75, 3.05) is 5.32 Å². The first kappa shape index (κ1) is 22.2. The van der Waals surface area contributed by atoms with E-state index in [1.54, 1.807) is 22.7 Å². The highest BCUT2D eigenvalue weighted by Crippen LogP contribution is 2.36. The van der Waals surface area contributed by atoms with Gasteiger partial charge in [-0.1, -0.05) is 40.6 Å². The van der Waals surface area contributed by atoms with Crippen molar-refractivity contribution in [3.63, 3.8) is 0 Å². The Morgan fingerprint density at radius 3 is 2.67 bits per heavy atom. The van der Waals surface area contributed by atoms with Crippen LogP contribution in [0.4, 0.5) is 5.69 Å². The van der Waals surface area contributed by atoms with E-state index in [0.717, 1.165) is 42.7 Å². The van der Waals surface area contributed by atoms with Gasteiger partial charge in [-0.3, -0.25) is 10.1 Å². The number of hydrogen-bond acceptors (Lipinski definition) is 7. The first-order chi connectivity index (χ1) is 15.8. The zero-order valence-corrected chi connectivity index (χ0v) is 21.1. The molecule has 0 atom stereocenters. The Kier molecular flexibility index (Phi) is 5.79. The van der Waals surface area contributed by atoms with E-state index >= 15 is 0 Å². The minimum atomic E-state index is -0.376. The number of halogens is 2. The number of anilines is 1. The second-order valence-electron chi connectivity index (χ2n) is 7.17. The Morgan fingerprint density at radius 2 is 1.91 bits per heavy atom. The lowest BCUT2D eigenvalue weighted by Gasteiger charge is -2.12. The average molecular weight is 533 g/mol. The van der Waals surface area contributed by atoms with E-state index in [2.05, 4.69) is 25.9 Å². The van der Waals surface area contributed by atoms with Crippen molar-refractivity contribution in [3.8, 4) is 10.6 Å². The number of fused-ring (bicyclic) bond motifs is 2. The molecule has 0 saturated carbocycles. The lowest BCUT2D eigenvalue weighted by Crippen LogP contribution is -2.34. The molecule has 0 aliphatic rings. The number of nitrogens with zero attached hydrogens (tertiary/aromatic N) is 4. The van der Waals surface area contributed by atoms with E-state index in [1.807, 2.05) is 32.0 Å². The molecule has 0 saturated heterocycles. The number of amides is 1. The van der Waals surface area contributed by atoms with Crippen LogP contribution in [-0.2, 0) is 0 Å². The zero-order valence-electron chi connectivity index (χ0n) is 17.1. The highest BCUT2D eigenvalue weighted by molar-refractivity contribution is 7.80. The maximum atomic E-state index is 12.8. The Hall–Kier alpha value is -2.63. The second kappa shape index (κ2) is 8.62. The second-order valence-corrected chi connectivity index (χ2v) is 10.4. The minimum Gasteiger partial charge on any atom is -0.332 e. The summed E-state index contributed by atoms with van der Waals surface area (Å²) in [4.78, 5) is 13.9. The fourth-order valence-corrected chi connectivity index (χ4v) is 6.04. The van der Waals surface area contributed by atoms with Crippen molar-refractivity contribution >= 4 is 89.8 Å². The van der Waals surface area contributed by atoms with Crippen LogP contribution >= 0.6 is 58.1 Å². The monoisotopic (exact) mass is 532 g/mol. The topological polar surface area (TPSA) is 84.2 Å². The van der Waals surface area contributed by atoms with E-state index in [4.69, 9.17) is 35.4 Å². The predicted octanol–water partition coefficient (Wildman–Crippen LogP) is 6.12. The van der Waals surface area contributed by atoms with E-state index < -0.39 is 0 Å². The van der Waals surface area contributed by atoms with Crippen molar-refractivity contribution in [2.24, 2.45) is 0 Å². The summed E-state index contributed by atoms with van der Waals surface area (Å²) in [6.07, 6.45) is 0. The lowest BCUT2D eigenvalue weighted by atomic mass is 10.1. The van der Waals surface area contributed by atoms with Gasteiger partial charge < -0.3 is 5.32 Å². The van der Waals surface area contributed by atoms with Crippen LogP contribution in [0.25, 0.3) is 25.6 Å². The van der Waals surface area contributed by atoms with Gasteiger partial charge in [-0.15, -0.1) is 21.5 Å². The molecule has 33 heavy (non-hydrogen) atoms. The van der Waals surface area contributed by atoms with Gasteiger partial charge in [0.1, 0.15) is 9.88 Å². The molecule has 0 aliphatic carbocycles. The minimum absolute atomic E-state index is 0.178. The largest absolute Gasteiger partial charge is 0.332 e. The number of aromatic nitrogens is 4. The predicted molar refractivity (Wildman–Crippen MR) is 139 cm³/mol. The number of nitrogens with one attached hydrogen (secondary N) is 2. The molecule has 3 aromatic heterocycles. The molecule has 0 fully saturated rings. The van der Waals surface area contributed by atoms with Crippen molar-refractivity contribution in [2.45, 2.75) is 13.8 Å². The maximum Gasteiger partial charge on any atom is 0.269 e. The van der Waals surface area contributed by atoms with E-state index in [0.29, 0.717) is 14.9 Å². The Balaban J connectivity index is 1.31. The van der Waals surface area contributed by atoms with Crippen LogP contribution in [0, 0.1) is 13.8 Å². The highest BCUT2D eigenvalue weighted by atomic mass is 35.5. The molecular weight excluding hydrogens is 519 g/mol. The third-order valence-corrected chi connectivity index (χ3v) is 7.94. The van der Waals surface area contributed by atoms with Crippen LogP contribution in [0.2, 0.25) is 10.0 Å². The fourth-order valence-electron chi connectivity index (χ4n) is 3.27. The number of aryl methyl sites for hydroxylation is 2. The van der Waals surface area contributed by atoms with E-state index in [9.17, 15) is 4.79 Å². The van der Waals surface area contributed by atoms with Crippen LogP contribution in [0.5, 0.6) is 0 Å². The molecule has 0 spiro atoms. The molecule has 5 rings (SSSR count). The summed E-state index contributed by atoms with van der Waals surface area (Å²) < 4.78 is 2.56. The average Bonchev–Trinajstić information content (AvgIpc) is 3.44. The maximum absolute atomic E-state index is 12.8. The highest BCUT2D eigenvalue weighted by Gasteiger charge is 2.19. The molecule has 0 unspecified atom stereocenters. The number of benzene rings is 2. The molecule has 0 radical (unpaired) electrons. The SMILES string of the molecule is Cc1cc(-c2nn3c(C)nnc3s2)ccc1NC(=S)NC(=O)c1sc2cc(Cl)ccc2c1Cl. The van der Waals surface area contributed by atoms with Gasteiger partial charge in [0.25, 0.3) is 5.91 Å². The summed E-state index contributed by atoms with van der Waals surface area (Å²) in [5.74, 6) is 0.365. The first-order valence-corrected chi connectivity index (χ1v) is 12.4. The summed E-state index contributed by atoms with van der Waals surface area (Å²) in [7, 11) is 0. The third kappa shape index (κ3) is 4.20. The summed E-state index contributed by atoms with van der Waals surface area (Å²) in [5, 5.41) is 21.2. The van der Waals surface area contributed by atoms with Crippen molar-refractivity contribution < 1.29 is 4.79 Å². The molecule has 7 nitrogen and oxygen atoms in total. The van der Waals surface area contributed by atoms with Gasteiger partial charge in [0, 0.05) is 26.4 Å². The third-order valence-electron chi connectivity index (χ3n) is 4.89. The molecule has 3 heterocycles. The number of thiocarbonyl (C=S) groups is 1. The molecule has 1 amide bonds. The van der Waals surface area contributed by atoms with Crippen molar-refractivity contribution in [1.29, 1.82) is 0 Å². The number of carbonyl (C=O) groups excluding carboxylic acids is 1. The molecule has 0 aliphatic heterocycles. The van der Waals surface area contributed by atoms with Gasteiger partial charge >= 0.3 is 0 Å². The molecule has 0 bridgehead atoms. The normalized spacial score (nSPS) is 11.3. The standard InChI is InChI=1S/C21H14Cl2N6OS3/c1-9-7-11(19-28-29-10(2)26-27-21(29)33-19)3-6-14(9)24-20(31)25-18(30)17-16(23)13-5-4-12(22)8-15(13)32-17/h3-8H,1-2H3,(H2,24,25,30,31). The molecule has 166 valence electrons. The van der Waals surface area contributed by atoms with Crippen molar-refractivity contribution in [3.05, 3.63) is 62.7 Å². The number of thiophene rings is 1. The van der Waals surface area contributed by atoms with E-state index in [1.165, 1.54) is 22.7 Å². The molecule has 2 aromatic carbocycles. The van der Waals surface area contributed by atoms with Gasteiger partial charge in [0.15, 0.2) is 10.9 Å². The summed E-state index contributed by atoms with van der Waals surface area (Å²) >= 11 is 20.5. The van der Waals surface area contributed by atoms with Crippen LogP contribution in [-0.4, -0.2) is 30.8 Å². The van der Waals surface area contributed by atoms with Crippen LogP contribution in [0.3, 0.4) is 0 Å². The van der Waals surface area contributed by atoms with Gasteiger partial charge in [0.2, 0.25) is 4.96 Å². The van der Waals surface area contributed by atoms with E-state index in [-0.39, 0.29) is 11.0 Å². The summed E-state index contributed by atoms with van der Waals surface area (Å²) in [6, 6.07) is 11.2. The Labute approximate surface area is 211 Å². The molecule has 2 N–H and O–H groups in total. The number of carbonyl (C=O) groups is 1. The molecule has 12 heteroatoms. The first-order valence-electron chi connectivity index (χ1n) is 9.60. The Morgan fingerprint density at radius 1 is 1.09 bits per heavy atom. The smallest absolute Gasteiger partial charge is 0.269 e. The lowest BCUT2D eigenvalue weighted by molar-refractivity contribution is 0.0982. The van der Waals surface area contributed by atoms with Gasteiger partial charge in [-0.2, -0.15) is 9.61 Å². The molecule has 5 aromatic rings.